The van der Waals surface area contributed by atoms with E-state index in [1.165, 1.54) is 0 Å². The Labute approximate surface area is 130 Å². The van der Waals surface area contributed by atoms with Gasteiger partial charge in [0.15, 0.2) is 0 Å². The van der Waals surface area contributed by atoms with Gasteiger partial charge in [0.2, 0.25) is 5.91 Å². The zero-order valence-corrected chi connectivity index (χ0v) is 13.5. The number of hydrogen-bond acceptors (Lipinski definition) is 4. The Balaban J connectivity index is 2.17. The lowest BCUT2D eigenvalue weighted by Gasteiger charge is -2.24. The second-order valence-corrected chi connectivity index (χ2v) is 6.07. The maximum Gasteiger partial charge on any atom is 0.234 e. The lowest BCUT2D eigenvalue weighted by atomic mass is 10.1. The molecule has 1 aromatic rings. The zero-order valence-electron chi connectivity index (χ0n) is 12.7. The molecule has 0 aliphatic rings. The molecule has 0 atom stereocenters. The van der Waals surface area contributed by atoms with Crippen LogP contribution >= 0.6 is 11.6 Å². The highest BCUT2D eigenvalue weighted by Crippen LogP contribution is 2.15. The number of hydrogen-bond donors (Lipinski definition) is 2. The Kier molecular flexibility index (Phi) is 6.95. The predicted octanol–water partition coefficient (Wildman–Crippen LogP) is 1.54. The van der Waals surface area contributed by atoms with Gasteiger partial charge in [0.25, 0.3) is 0 Å². The first-order valence-corrected chi connectivity index (χ1v) is 7.20. The van der Waals surface area contributed by atoms with Crippen LogP contribution in [0, 0.1) is 0 Å². The van der Waals surface area contributed by atoms with Gasteiger partial charge in [-0.2, -0.15) is 0 Å². The first-order chi connectivity index (χ1) is 9.76. The summed E-state index contributed by atoms with van der Waals surface area (Å²) < 4.78 is 5.47. The highest BCUT2D eigenvalue weighted by molar-refractivity contribution is 6.30. The molecule has 0 aliphatic carbocycles. The molecule has 0 fully saturated rings. The van der Waals surface area contributed by atoms with Crippen LogP contribution in [0.4, 0.5) is 0 Å². The number of likely N-dealkylation sites (N-methyl/N-ethyl adjacent to an activating group) is 1. The third kappa shape index (κ3) is 8.55. The molecule has 0 spiro atoms. The zero-order chi connectivity index (χ0) is 15.9. The van der Waals surface area contributed by atoms with E-state index in [4.69, 9.17) is 16.3 Å². The number of ether oxygens (including phenoxy) is 1. The molecule has 0 heterocycles. The van der Waals surface area contributed by atoms with Gasteiger partial charge in [-0.1, -0.05) is 11.6 Å². The normalized spacial score (nSPS) is 11.5. The summed E-state index contributed by atoms with van der Waals surface area (Å²) in [5, 5.41) is 13.1. The average molecular weight is 315 g/mol. The van der Waals surface area contributed by atoms with Crippen molar-refractivity contribution in [1.82, 2.24) is 10.2 Å². The molecular weight excluding hydrogens is 292 g/mol. The summed E-state index contributed by atoms with van der Waals surface area (Å²) in [4.78, 5) is 13.5. The monoisotopic (exact) mass is 314 g/mol. The van der Waals surface area contributed by atoms with Crippen LogP contribution in [0.25, 0.3) is 0 Å². The molecule has 1 aromatic carbocycles. The minimum absolute atomic E-state index is 0.0959. The fourth-order valence-electron chi connectivity index (χ4n) is 1.91. The van der Waals surface area contributed by atoms with Crippen molar-refractivity contribution >= 4 is 17.5 Å². The van der Waals surface area contributed by atoms with Crippen molar-refractivity contribution in [2.75, 3.05) is 33.3 Å². The summed E-state index contributed by atoms with van der Waals surface area (Å²) in [6, 6.07) is 7.06. The van der Waals surface area contributed by atoms with E-state index in [1.54, 1.807) is 50.1 Å². The summed E-state index contributed by atoms with van der Waals surface area (Å²) in [6.45, 7) is 4.91. The van der Waals surface area contributed by atoms with Crippen LogP contribution in [0.5, 0.6) is 5.75 Å². The molecule has 6 heteroatoms. The van der Waals surface area contributed by atoms with Gasteiger partial charge in [-0.15, -0.1) is 0 Å². The number of rotatable bonds is 8. The van der Waals surface area contributed by atoms with Gasteiger partial charge in [0, 0.05) is 11.6 Å². The van der Waals surface area contributed by atoms with E-state index in [0.717, 1.165) is 0 Å². The van der Waals surface area contributed by atoms with Crippen molar-refractivity contribution in [1.29, 1.82) is 0 Å². The fraction of sp³-hybridized carbons (Fsp3) is 0.533. The molecule has 2 N–H and O–H groups in total. The standard InChI is InChI=1S/C15H23ClN2O3/c1-15(2,20)11-18(3)10-14(19)17-8-9-21-13-6-4-12(16)5-7-13/h4-7,20H,8-11H2,1-3H3,(H,17,19). The van der Waals surface area contributed by atoms with E-state index < -0.39 is 5.60 Å². The molecule has 1 amide bonds. The van der Waals surface area contributed by atoms with Crippen molar-refractivity contribution < 1.29 is 14.6 Å². The molecule has 1 rings (SSSR count). The average Bonchev–Trinajstić information content (AvgIpc) is 2.34. The van der Waals surface area contributed by atoms with E-state index in [0.29, 0.717) is 30.5 Å². The van der Waals surface area contributed by atoms with Gasteiger partial charge >= 0.3 is 0 Å². The summed E-state index contributed by atoms with van der Waals surface area (Å²) in [7, 11) is 1.79. The molecule has 0 bridgehead atoms. The largest absolute Gasteiger partial charge is 0.492 e. The summed E-state index contributed by atoms with van der Waals surface area (Å²) in [6.07, 6.45) is 0. The minimum Gasteiger partial charge on any atom is -0.492 e. The van der Waals surface area contributed by atoms with Gasteiger partial charge in [0.05, 0.1) is 18.7 Å². The number of nitrogens with one attached hydrogen (secondary N) is 1. The third-order valence-electron chi connectivity index (χ3n) is 2.58. The topological polar surface area (TPSA) is 61.8 Å². The first-order valence-electron chi connectivity index (χ1n) is 6.82. The number of nitrogens with zero attached hydrogens (tertiary/aromatic N) is 1. The van der Waals surface area contributed by atoms with Gasteiger partial charge in [-0.05, 0) is 45.2 Å². The minimum atomic E-state index is -0.813. The Morgan fingerprint density at radius 1 is 1.38 bits per heavy atom. The predicted molar refractivity (Wildman–Crippen MR) is 83.8 cm³/mol. The highest BCUT2D eigenvalue weighted by atomic mass is 35.5. The van der Waals surface area contributed by atoms with E-state index in [1.807, 2.05) is 0 Å². The lowest BCUT2D eigenvalue weighted by molar-refractivity contribution is -0.122. The maximum atomic E-state index is 11.7. The quantitative estimate of drug-likeness (QED) is 0.715. The summed E-state index contributed by atoms with van der Waals surface area (Å²) in [5.74, 6) is 0.620. The molecule has 5 nitrogen and oxygen atoms in total. The molecule has 0 radical (unpaired) electrons. The van der Waals surface area contributed by atoms with Crippen molar-refractivity contribution in [2.24, 2.45) is 0 Å². The lowest BCUT2D eigenvalue weighted by Crippen LogP contribution is -2.42. The van der Waals surface area contributed by atoms with Crippen molar-refractivity contribution in [3.8, 4) is 5.75 Å². The number of halogens is 1. The molecule has 118 valence electrons. The van der Waals surface area contributed by atoms with Crippen molar-refractivity contribution in [3.05, 3.63) is 29.3 Å². The molecule has 0 aromatic heterocycles. The van der Waals surface area contributed by atoms with Crippen LogP contribution in [-0.4, -0.2) is 54.8 Å². The Hall–Kier alpha value is -1.30. The smallest absolute Gasteiger partial charge is 0.234 e. The van der Waals surface area contributed by atoms with Gasteiger partial charge in [-0.25, -0.2) is 0 Å². The van der Waals surface area contributed by atoms with Crippen LogP contribution < -0.4 is 10.1 Å². The van der Waals surface area contributed by atoms with Crippen LogP contribution in [0.15, 0.2) is 24.3 Å². The van der Waals surface area contributed by atoms with Crippen LogP contribution in [0.3, 0.4) is 0 Å². The fourth-order valence-corrected chi connectivity index (χ4v) is 2.03. The number of benzene rings is 1. The van der Waals surface area contributed by atoms with E-state index in [-0.39, 0.29) is 12.5 Å². The van der Waals surface area contributed by atoms with Gasteiger partial charge < -0.3 is 15.2 Å². The SMILES string of the molecule is CN(CC(=O)NCCOc1ccc(Cl)cc1)CC(C)(C)O. The molecular formula is C15H23ClN2O3. The van der Waals surface area contributed by atoms with E-state index in [2.05, 4.69) is 5.32 Å². The molecule has 0 aliphatic heterocycles. The first kappa shape index (κ1) is 17.8. The third-order valence-corrected chi connectivity index (χ3v) is 2.83. The van der Waals surface area contributed by atoms with Crippen molar-refractivity contribution in [3.63, 3.8) is 0 Å². The number of amides is 1. The number of aliphatic hydroxyl groups is 1. The van der Waals surface area contributed by atoms with E-state index in [9.17, 15) is 9.90 Å². The molecule has 0 saturated carbocycles. The summed E-state index contributed by atoms with van der Waals surface area (Å²) in [5.41, 5.74) is -0.813. The summed E-state index contributed by atoms with van der Waals surface area (Å²) >= 11 is 5.77. The van der Waals surface area contributed by atoms with Crippen LogP contribution in [-0.2, 0) is 4.79 Å². The van der Waals surface area contributed by atoms with Gasteiger partial charge in [-0.3, -0.25) is 9.69 Å². The van der Waals surface area contributed by atoms with Gasteiger partial charge in [0.1, 0.15) is 12.4 Å². The molecule has 21 heavy (non-hydrogen) atoms. The number of carbonyl (C=O) groups is 1. The Morgan fingerprint density at radius 3 is 2.57 bits per heavy atom. The van der Waals surface area contributed by atoms with Crippen LogP contribution in [0.1, 0.15) is 13.8 Å². The number of carbonyl (C=O) groups excluding carboxylic acids is 1. The Morgan fingerprint density at radius 2 is 2.00 bits per heavy atom. The molecule has 0 unspecified atom stereocenters. The van der Waals surface area contributed by atoms with Crippen LogP contribution in [0.2, 0.25) is 5.02 Å². The maximum absolute atomic E-state index is 11.7. The second kappa shape index (κ2) is 8.22. The Bertz CT molecular complexity index is 443. The van der Waals surface area contributed by atoms with Crippen molar-refractivity contribution in [2.45, 2.75) is 19.4 Å². The molecule has 0 saturated heterocycles. The highest BCUT2D eigenvalue weighted by Gasteiger charge is 2.17. The second-order valence-electron chi connectivity index (χ2n) is 5.64. The van der Waals surface area contributed by atoms with E-state index >= 15 is 0 Å².